The Hall–Kier alpha value is -1.26. The van der Waals surface area contributed by atoms with E-state index >= 15 is 0 Å². The summed E-state index contributed by atoms with van der Waals surface area (Å²) in [5, 5.41) is 0. The lowest BCUT2D eigenvalue weighted by atomic mass is 10.1. The third-order valence-corrected chi connectivity index (χ3v) is 3.76. The van der Waals surface area contributed by atoms with Crippen LogP contribution < -0.4 is 10.5 Å². The number of nitrogens with zero attached hydrogens (tertiary/aromatic N) is 1. The highest BCUT2D eigenvalue weighted by molar-refractivity contribution is 5.85. The number of rotatable bonds is 3. The third kappa shape index (κ3) is 4.61. The van der Waals surface area contributed by atoms with E-state index in [1.165, 1.54) is 5.56 Å². The highest BCUT2D eigenvalue weighted by Crippen LogP contribution is 2.24. The number of benzene rings is 1. The van der Waals surface area contributed by atoms with Gasteiger partial charge in [0, 0.05) is 19.1 Å². The number of aryl methyl sites for hydroxylation is 3. The number of carbonyl (C=O) groups is 1. The summed E-state index contributed by atoms with van der Waals surface area (Å²) in [6, 6.07) is 4.25. The fraction of sp³-hybridized carbons (Fsp3) is 0.562. The summed E-state index contributed by atoms with van der Waals surface area (Å²) in [5.41, 5.74) is 9.26. The Balaban J connectivity index is 0.00000220. The van der Waals surface area contributed by atoms with Crippen LogP contribution in [0.1, 0.15) is 29.5 Å². The molecule has 1 heterocycles. The van der Waals surface area contributed by atoms with Crippen LogP contribution in [0.5, 0.6) is 5.75 Å². The molecule has 118 valence electrons. The summed E-state index contributed by atoms with van der Waals surface area (Å²) in [6.45, 7) is 7.62. The molecular formula is C16H25ClN2O2. The minimum absolute atomic E-state index is 0. The predicted molar refractivity (Wildman–Crippen MR) is 87.2 cm³/mol. The monoisotopic (exact) mass is 312 g/mol. The molecule has 1 aliphatic rings. The van der Waals surface area contributed by atoms with Gasteiger partial charge in [0.2, 0.25) is 0 Å². The zero-order valence-corrected chi connectivity index (χ0v) is 13.8. The molecule has 1 atom stereocenters. The van der Waals surface area contributed by atoms with E-state index in [4.69, 9.17) is 10.5 Å². The van der Waals surface area contributed by atoms with E-state index < -0.39 is 0 Å². The second kappa shape index (κ2) is 7.66. The van der Waals surface area contributed by atoms with Crippen molar-refractivity contribution in [2.24, 2.45) is 5.73 Å². The van der Waals surface area contributed by atoms with Gasteiger partial charge in [-0.25, -0.2) is 0 Å². The number of halogens is 1. The summed E-state index contributed by atoms with van der Waals surface area (Å²) >= 11 is 0. The molecule has 1 amide bonds. The quantitative estimate of drug-likeness (QED) is 0.932. The highest BCUT2D eigenvalue weighted by atomic mass is 35.5. The van der Waals surface area contributed by atoms with E-state index in [-0.39, 0.29) is 31.0 Å². The SMILES string of the molecule is Cc1cc(C)c(OCC(=O)N2CCCC(N)C2)c(C)c1.Cl. The Labute approximate surface area is 133 Å². The summed E-state index contributed by atoms with van der Waals surface area (Å²) in [5.74, 6) is 0.852. The highest BCUT2D eigenvalue weighted by Gasteiger charge is 2.21. The van der Waals surface area contributed by atoms with Crippen LogP contribution in [0.3, 0.4) is 0 Å². The van der Waals surface area contributed by atoms with Crippen molar-refractivity contribution in [1.82, 2.24) is 4.90 Å². The Morgan fingerprint density at radius 3 is 2.52 bits per heavy atom. The molecule has 1 unspecified atom stereocenters. The zero-order valence-electron chi connectivity index (χ0n) is 13.0. The van der Waals surface area contributed by atoms with Gasteiger partial charge in [-0.05, 0) is 44.7 Å². The summed E-state index contributed by atoms with van der Waals surface area (Å²) in [6.07, 6.45) is 1.98. The molecule has 0 saturated carbocycles. The first-order valence-corrected chi connectivity index (χ1v) is 7.21. The molecule has 2 N–H and O–H groups in total. The molecule has 5 heteroatoms. The van der Waals surface area contributed by atoms with E-state index in [0.717, 1.165) is 36.3 Å². The summed E-state index contributed by atoms with van der Waals surface area (Å²) in [4.78, 5) is 14.0. The normalized spacial score (nSPS) is 18.1. The number of likely N-dealkylation sites (tertiary alicyclic amines) is 1. The van der Waals surface area contributed by atoms with E-state index in [2.05, 4.69) is 19.1 Å². The Bertz CT molecular complexity index is 482. The van der Waals surface area contributed by atoms with Crippen molar-refractivity contribution in [3.05, 3.63) is 28.8 Å². The van der Waals surface area contributed by atoms with Crippen LogP contribution in [-0.4, -0.2) is 36.5 Å². The molecule has 0 aromatic heterocycles. The molecule has 2 rings (SSSR count). The molecule has 1 aliphatic heterocycles. The number of ether oxygens (including phenoxy) is 1. The lowest BCUT2D eigenvalue weighted by molar-refractivity contribution is -0.134. The summed E-state index contributed by atoms with van der Waals surface area (Å²) in [7, 11) is 0. The molecule has 1 saturated heterocycles. The van der Waals surface area contributed by atoms with Crippen molar-refractivity contribution in [3.63, 3.8) is 0 Å². The van der Waals surface area contributed by atoms with Gasteiger partial charge in [-0.15, -0.1) is 12.4 Å². The number of carbonyl (C=O) groups excluding carboxylic acids is 1. The maximum absolute atomic E-state index is 12.2. The minimum atomic E-state index is 0. The van der Waals surface area contributed by atoms with Crippen LogP contribution in [0.25, 0.3) is 0 Å². The first-order valence-electron chi connectivity index (χ1n) is 7.21. The van der Waals surface area contributed by atoms with Crippen molar-refractivity contribution in [2.45, 2.75) is 39.7 Å². The molecule has 0 bridgehead atoms. The van der Waals surface area contributed by atoms with Crippen LogP contribution in [-0.2, 0) is 4.79 Å². The zero-order chi connectivity index (χ0) is 14.7. The number of piperidine rings is 1. The van der Waals surface area contributed by atoms with Gasteiger partial charge in [-0.2, -0.15) is 0 Å². The van der Waals surface area contributed by atoms with Crippen LogP contribution in [0.15, 0.2) is 12.1 Å². The first kappa shape index (κ1) is 17.8. The summed E-state index contributed by atoms with van der Waals surface area (Å²) < 4.78 is 5.74. The minimum Gasteiger partial charge on any atom is -0.483 e. The van der Waals surface area contributed by atoms with Gasteiger partial charge < -0.3 is 15.4 Å². The van der Waals surface area contributed by atoms with Crippen molar-refractivity contribution >= 4 is 18.3 Å². The van der Waals surface area contributed by atoms with Crippen LogP contribution in [0.2, 0.25) is 0 Å². The number of nitrogens with two attached hydrogens (primary N) is 1. The van der Waals surface area contributed by atoms with Gasteiger partial charge in [0.25, 0.3) is 5.91 Å². The van der Waals surface area contributed by atoms with Crippen molar-refractivity contribution in [1.29, 1.82) is 0 Å². The van der Waals surface area contributed by atoms with E-state index in [0.29, 0.717) is 6.54 Å². The lowest BCUT2D eigenvalue weighted by Gasteiger charge is -2.30. The molecule has 0 radical (unpaired) electrons. The molecule has 1 fully saturated rings. The fourth-order valence-electron chi connectivity index (χ4n) is 2.86. The van der Waals surface area contributed by atoms with Gasteiger partial charge >= 0.3 is 0 Å². The third-order valence-electron chi connectivity index (χ3n) is 3.76. The van der Waals surface area contributed by atoms with E-state index in [1.807, 2.05) is 18.7 Å². The largest absolute Gasteiger partial charge is 0.483 e. The van der Waals surface area contributed by atoms with Gasteiger partial charge in [-0.1, -0.05) is 17.7 Å². The fourth-order valence-corrected chi connectivity index (χ4v) is 2.86. The molecule has 1 aromatic rings. The van der Waals surface area contributed by atoms with Gasteiger partial charge in [-0.3, -0.25) is 4.79 Å². The molecular weight excluding hydrogens is 288 g/mol. The van der Waals surface area contributed by atoms with E-state index in [9.17, 15) is 4.79 Å². The maximum Gasteiger partial charge on any atom is 0.260 e. The number of hydrogen-bond donors (Lipinski definition) is 1. The van der Waals surface area contributed by atoms with Crippen LogP contribution in [0.4, 0.5) is 0 Å². The smallest absolute Gasteiger partial charge is 0.260 e. The first-order chi connectivity index (χ1) is 9.47. The topological polar surface area (TPSA) is 55.6 Å². The average Bonchev–Trinajstić information content (AvgIpc) is 2.37. The van der Waals surface area contributed by atoms with E-state index in [1.54, 1.807) is 0 Å². The van der Waals surface area contributed by atoms with Crippen LogP contribution in [0, 0.1) is 20.8 Å². The van der Waals surface area contributed by atoms with Crippen molar-refractivity contribution < 1.29 is 9.53 Å². The molecule has 0 spiro atoms. The van der Waals surface area contributed by atoms with Gasteiger partial charge in [0.05, 0.1) is 0 Å². The van der Waals surface area contributed by atoms with Gasteiger partial charge in [0.1, 0.15) is 5.75 Å². The average molecular weight is 313 g/mol. The molecule has 1 aromatic carbocycles. The molecule has 4 nitrogen and oxygen atoms in total. The van der Waals surface area contributed by atoms with Crippen molar-refractivity contribution in [2.75, 3.05) is 19.7 Å². The van der Waals surface area contributed by atoms with Crippen LogP contribution >= 0.6 is 12.4 Å². The Kier molecular flexibility index (Phi) is 6.49. The van der Waals surface area contributed by atoms with Gasteiger partial charge in [0.15, 0.2) is 6.61 Å². The number of hydrogen-bond acceptors (Lipinski definition) is 3. The molecule has 0 aliphatic carbocycles. The Morgan fingerprint density at radius 2 is 1.95 bits per heavy atom. The molecule has 21 heavy (non-hydrogen) atoms. The lowest BCUT2D eigenvalue weighted by Crippen LogP contribution is -2.47. The number of amides is 1. The Morgan fingerprint density at radius 1 is 1.33 bits per heavy atom. The standard InChI is InChI=1S/C16H24N2O2.ClH/c1-11-7-12(2)16(13(3)8-11)20-10-15(19)18-6-4-5-14(17)9-18;/h7-8,14H,4-6,9-10,17H2,1-3H3;1H. The second-order valence-electron chi connectivity index (χ2n) is 5.76. The van der Waals surface area contributed by atoms with Crippen molar-refractivity contribution in [3.8, 4) is 5.75 Å². The predicted octanol–water partition coefficient (Wildman–Crippen LogP) is 2.36. The second-order valence-corrected chi connectivity index (χ2v) is 5.76. The maximum atomic E-state index is 12.2.